The lowest BCUT2D eigenvalue weighted by Gasteiger charge is -2.44. The van der Waals surface area contributed by atoms with Crippen molar-refractivity contribution in [3.63, 3.8) is 0 Å². The number of hydrogen-bond donors (Lipinski definition) is 1. The number of carbonyl (C=O) groups excluding carboxylic acids is 2. The first-order chi connectivity index (χ1) is 15.0. The molecule has 2 atom stereocenters. The fourth-order valence-electron chi connectivity index (χ4n) is 3.60. The van der Waals surface area contributed by atoms with E-state index in [1.54, 1.807) is 24.0 Å². The minimum Gasteiger partial charge on any atom is -0.354 e. The highest BCUT2D eigenvalue weighted by Crippen LogP contribution is 2.33. The third-order valence-corrected chi connectivity index (χ3v) is 6.62. The zero-order valence-corrected chi connectivity index (χ0v) is 19.4. The molecule has 2 aromatic heterocycles. The van der Waals surface area contributed by atoms with Gasteiger partial charge in [-0.05, 0) is 36.8 Å². The number of sulfonamides is 1. The van der Waals surface area contributed by atoms with E-state index in [2.05, 4.69) is 26.8 Å². The largest absolute Gasteiger partial charge is 0.354 e. The Kier molecular flexibility index (Phi) is 6.91. The minimum absolute atomic E-state index is 0.117. The molecule has 12 heteroatoms. The van der Waals surface area contributed by atoms with Gasteiger partial charge in [-0.2, -0.15) is 4.31 Å². The Labute approximate surface area is 191 Å². The van der Waals surface area contributed by atoms with E-state index in [4.69, 9.17) is 11.6 Å². The third kappa shape index (κ3) is 4.95. The van der Waals surface area contributed by atoms with Crippen LogP contribution in [0.15, 0.2) is 37.2 Å². The lowest BCUT2D eigenvalue weighted by molar-refractivity contribution is -0.130. The van der Waals surface area contributed by atoms with Gasteiger partial charge in [0.15, 0.2) is 0 Å². The molecule has 32 heavy (non-hydrogen) atoms. The van der Waals surface area contributed by atoms with Crippen LogP contribution in [0.2, 0.25) is 5.15 Å². The molecule has 3 rings (SSSR count). The van der Waals surface area contributed by atoms with Gasteiger partial charge in [0.25, 0.3) is 5.91 Å². The number of nitrogens with one attached hydrogen (secondary N) is 1. The van der Waals surface area contributed by atoms with Crippen LogP contribution in [0.1, 0.15) is 29.0 Å². The number of piperazine rings is 1. The van der Waals surface area contributed by atoms with Crippen LogP contribution in [0, 0.1) is 0 Å². The number of carbonyl (C=O) groups is 2. The molecule has 0 aromatic carbocycles. The van der Waals surface area contributed by atoms with Crippen molar-refractivity contribution in [2.75, 3.05) is 26.4 Å². The van der Waals surface area contributed by atoms with Crippen LogP contribution in [0.25, 0.3) is 11.4 Å². The van der Waals surface area contributed by atoms with Crippen LogP contribution in [0.5, 0.6) is 0 Å². The van der Waals surface area contributed by atoms with Crippen molar-refractivity contribution in [3.05, 3.63) is 53.6 Å². The Morgan fingerprint density at radius 1 is 1.22 bits per heavy atom. The van der Waals surface area contributed by atoms with Gasteiger partial charge in [0.2, 0.25) is 15.9 Å². The molecule has 2 amide bonds. The Morgan fingerprint density at radius 2 is 1.94 bits per heavy atom. The maximum atomic E-state index is 12.5. The fourth-order valence-corrected chi connectivity index (χ4v) is 4.95. The summed E-state index contributed by atoms with van der Waals surface area (Å²) in [5, 5.41) is 2.60. The van der Waals surface area contributed by atoms with Crippen molar-refractivity contribution in [3.8, 4) is 11.4 Å². The molecule has 1 saturated heterocycles. The van der Waals surface area contributed by atoms with E-state index in [0.717, 1.165) is 6.26 Å². The first-order valence-electron chi connectivity index (χ1n) is 9.67. The smallest absolute Gasteiger partial charge is 0.269 e. The average Bonchev–Trinajstić information content (AvgIpc) is 2.76. The summed E-state index contributed by atoms with van der Waals surface area (Å²) in [5.41, 5.74) is 1.37. The maximum absolute atomic E-state index is 12.5. The quantitative estimate of drug-likeness (QED) is 0.506. The van der Waals surface area contributed by atoms with E-state index >= 15 is 0 Å². The topological polar surface area (TPSA) is 125 Å². The summed E-state index contributed by atoms with van der Waals surface area (Å²) in [6.07, 6.45) is 3.56. The molecule has 0 spiro atoms. The van der Waals surface area contributed by atoms with Gasteiger partial charge >= 0.3 is 0 Å². The number of halogens is 1. The van der Waals surface area contributed by atoms with E-state index in [1.165, 1.54) is 29.8 Å². The Bertz CT molecular complexity index is 1170. The third-order valence-electron chi connectivity index (χ3n) is 5.17. The van der Waals surface area contributed by atoms with E-state index in [9.17, 15) is 18.0 Å². The average molecular weight is 479 g/mol. The molecule has 170 valence electrons. The normalized spacial score (nSPS) is 19.4. The maximum Gasteiger partial charge on any atom is 0.269 e. The molecular weight excluding hydrogens is 456 g/mol. The molecular formula is C20H23ClN6O4S. The second-order valence-corrected chi connectivity index (χ2v) is 9.69. The molecule has 1 N–H and O–H groups in total. The van der Waals surface area contributed by atoms with Crippen molar-refractivity contribution in [1.82, 2.24) is 29.5 Å². The second kappa shape index (κ2) is 9.31. The van der Waals surface area contributed by atoms with E-state index in [-0.39, 0.29) is 41.8 Å². The molecule has 10 nitrogen and oxygen atoms in total. The van der Waals surface area contributed by atoms with Crippen LogP contribution >= 0.6 is 11.6 Å². The van der Waals surface area contributed by atoms with Gasteiger partial charge in [-0.15, -0.1) is 0 Å². The molecule has 0 radical (unpaired) electrons. The number of hydrogen-bond acceptors (Lipinski definition) is 7. The summed E-state index contributed by atoms with van der Waals surface area (Å²) < 4.78 is 26.4. The fraction of sp³-hybridized carbons (Fsp3) is 0.350. The van der Waals surface area contributed by atoms with Crippen LogP contribution in [0.4, 0.5) is 0 Å². The molecule has 1 aliphatic rings. The van der Waals surface area contributed by atoms with Crippen LogP contribution in [-0.2, 0) is 14.8 Å². The number of pyridine rings is 1. The van der Waals surface area contributed by atoms with Crippen molar-refractivity contribution in [2.45, 2.75) is 19.0 Å². The van der Waals surface area contributed by atoms with Crippen molar-refractivity contribution in [2.24, 2.45) is 0 Å². The number of amides is 2. The minimum atomic E-state index is -3.60. The van der Waals surface area contributed by atoms with Gasteiger partial charge in [-0.1, -0.05) is 18.2 Å². The SMILES string of the molecule is C=CC(=O)N1C[C@H](c2cc(Cl)nc(-c3cc(C(=O)NC)ncn3)c2)N(S(C)(=O)=O)C[C@H]1C. The zero-order valence-electron chi connectivity index (χ0n) is 17.8. The van der Waals surface area contributed by atoms with Gasteiger partial charge in [0.05, 0.1) is 23.7 Å². The number of nitrogens with zero attached hydrogens (tertiary/aromatic N) is 5. The number of rotatable bonds is 5. The van der Waals surface area contributed by atoms with Crippen molar-refractivity contribution >= 4 is 33.4 Å². The van der Waals surface area contributed by atoms with Gasteiger partial charge in [0, 0.05) is 26.2 Å². The highest BCUT2D eigenvalue weighted by atomic mass is 35.5. The lowest BCUT2D eigenvalue weighted by atomic mass is 10.0. The van der Waals surface area contributed by atoms with E-state index in [1.807, 2.05) is 0 Å². The summed E-state index contributed by atoms with van der Waals surface area (Å²) in [6.45, 7) is 5.55. The summed E-state index contributed by atoms with van der Waals surface area (Å²) >= 11 is 6.27. The van der Waals surface area contributed by atoms with Gasteiger partial charge in [0.1, 0.15) is 17.2 Å². The molecule has 3 heterocycles. The number of aromatic nitrogens is 3. The molecule has 0 aliphatic carbocycles. The van der Waals surface area contributed by atoms with Crippen LogP contribution in [0.3, 0.4) is 0 Å². The van der Waals surface area contributed by atoms with Crippen LogP contribution < -0.4 is 5.32 Å². The summed E-state index contributed by atoms with van der Waals surface area (Å²) in [6, 6.07) is 3.65. The molecule has 0 unspecified atom stereocenters. The van der Waals surface area contributed by atoms with E-state index < -0.39 is 16.1 Å². The molecule has 1 aliphatic heterocycles. The predicted molar refractivity (Wildman–Crippen MR) is 119 cm³/mol. The lowest BCUT2D eigenvalue weighted by Crippen LogP contribution is -2.56. The predicted octanol–water partition coefficient (Wildman–Crippen LogP) is 1.27. The Balaban J connectivity index is 2.09. The summed E-state index contributed by atoms with van der Waals surface area (Å²) in [4.78, 5) is 38.2. The van der Waals surface area contributed by atoms with Crippen molar-refractivity contribution in [1.29, 1.82) is 0 Å². The van der Waals surface area contributed by atoms with Gasteiger partial charge in [-0.25, -0.2) is 23.4 Å². The highest BCUT2D eigenvalue weighted by Gasteiger charge is 2.39. The zero-order chi connectivity index (χ0) is 23.6. The standard InChI is InChI=1S/C20H23ClN6O4S/c1-5-19(28)26-10-17(27(9-12(26)2)32(4,30)31)13-6-15(25-18(21)7-13)14-8-16(20(29)22-3)24-11-23-14/h5-8,11-12,17H,1,9-10H2,2-4H3,(H,22,29)/t12-,17-/m1/s1. The Hall–Kier alpha value is -2.89. The first kappa shape index (κ1) is 23.8. The van der Waals surface area contributed by atoms with Crippen LogP contribution in [-0.4, -0.2) is 76.8 Å². The van der Waals surface area contributed by atoms with Crippen molar-refractivity contribution < 1.29 is 18.0 Å². The molecule has 0 saturated carbocycles. The molecule has 0 bridgehead atoms. The first-order valence-corrected chi connectivity index (χ1v) is 11.9. The van der Waals surface area contributed by atoms with E-state index in [0.29, 0.717) is 17.0 Å². The summed E-state index contributed by atoms with van der Waals surface area (Å²) in [7, 11) is -2.11. The Morgan fingerprint density at radius 3 is 2.56 bits per heavy atom. The summed E-state index contributed by atoms with van der Waals surface area (Å²) in [5.74, 6) is -0.680. The van der Waals surface area contributed by atoms with Gasteiger partial charge in [-0.3, -0.25) is 9.59 Å². The monoisotopic (exact) mass is 478 g/mol. The second-order valence-electron chi connectivity index (χ2n) is 7.37. The molecule has 1 fully saturated rings. The van der Waals surface area contributed by atoms with Gasteiger partial charge < -0.3 is 10.2 Å². The molecule has 2 aromatic rings. The highest BCUT2D eigenvalue weighted by molar-refractivity contribution is 7.88.